The van der Waals surface area contributed by atoms with Crippen LogP contribution in [-0.2, 0) is 14.3 Å². The van der Waals surface area contributed by atoms with E-state index in [1.807, 2.05) is 4.90 Å². The lowest BCUT2D eigenvalue weighted by Gasteiger charge is -2.36. The van der Waals surface area contributed by atoms with Crippen molar-refractivity contribution in [2.45, 2.75) is 52.1 Å². The van der Waals surface area contributed by atoms with Crippen LogP contribution in [0.15, 0.2) is 0 Å². The predicted octanol–water partition coefficient (Wildman–Crippen LogP) is 1.69. The summed E-state index contributed by atoms with van der Waals surface area (Å²) in [6, 6.07) is 0.149. The molecule has 0 radical (unpaired) electrons. The first-order valence-corrected chi connectivity index (χ1v) is 9.10. The second-order valence-corrected chi connectivity index (χ2v) is 6.44. The number of carbonyl (C=O) groups is 3. The average molecular weight is 355 g/mol. The van der Waals surface area contributed by atoms with Gasteiger partial charge in [-0.3, -0.25) is 9.69 Å². The van der Waals surface area contributed by atoms with Gasteiger partial charge in [0.2, 0.25) is 5.91 Å². The molecule has 2 aliphatic heterocycles. The number of amides is 3. The van der Waals surface area contributed by atoms with E-state index in [0.717, 1.165) is 37.4 Å². The molecule has 8 nitrogen and oxygen atoms in total. The number of rotatable bonds is 4. The van der Waals surface area contributed by atoms with Crippen molar-refractivity contribution in [2.75, 3.05) is 39.4 Å². The smallest absolute Gasteiger partial charge is 0.419 e. The molecule has 0 saturated carbocycles. The van der Waals surface area contributed by atoms with E-state index in [9.17, 15) is 14.4 Å². The van der Waals surface area contributed by atoms with Gasteiger partial charge >= 0.3 is 12.2 Å². The van der Waals surface area contributed by atoms with Gasteiger partial charge in [-0.25, -0.2) is 14.5 Å². The minimum Gasteiger partial charge on any atom is -0.449 e. The Kier molecular flexibility index (Phi) is 7.04. The van der Waals surface area contributed by atoms with E-state index in [2.05, 4.69) is 4.90 Å². The Morgan fingerprint density at radius 2 is 1.52 bits per heavy atom. The van der Waals surface area contributed by atoms with E-state index in [1.165, 1.54) is 0 Å². The number of likely N-dealkylation sites (tertiary alicyclic amines) is 2. The molecular formula is C17H29N3O5. The molecule has 2 rings (SSSR count). The van der Waals surface area contributed by atoms with E-state index < -0.39 is 12.2 Å². The van der Waals surface area contributed by atoms with Gasteiger partial charge in [-0.1, -0.05) is 0 Å². The first-order valence-electron chi connectivity index (χ1n) is 9.10. The summed E-state index contributed by atoms with van der Waals surface area (Å²) in [5.41, 5.74) is 0. The maximum absolute atomic E-state index is 12.2. The lowest BCUT2D eigenvalue weighted by Crippen LogP contribution is -2.49. The van der Waals surface area contributed by atoms with Crippen LogP contribution in [-0.4, -0.2) is 84.3 Å². The van der Waals surface area contributed by atoms with Crippen molar-refractivity contribution in [3.63, 3.8) is 0 Å². The molecule has 2 heterocycles. The fraction of sp³-hybridized carbons (Fsp3) is 0.824. The molecule has 25 heavy (non-hydrogen) atoms. The molecule has 0 aliphatic carbocycles. The Morgan fingerprint density at radius 1 is 0.960 bits per heavy atom. The van der Waals surface area contributed by atoms with Crippen molar-refractivity contribution in [1.29, 1.82) is 0 Å². The molecule has 0 bridgehead atoms. The van der Waals surface area contributed by atoms with Crippen LogP contribution >= 0.6 is 0 Å². The summed E-state index contributed by atoms with van der Waals surface area (Å²) in [7, 11) is 0. The van der Waals surface area contributed by atoms with Gasteiger partial charge < -0.3 is 14.4 Å². The highest BCUT2D eigenvalue weighted by atomic mass is 16.6. The zero-order valence-corrected chi connectivity index (χ0v) is 15.4. The standard InChI is InChI=1S/C17H29N3O5/c1-4-24-16(22)20(17(23)25-5-2)15-8-11-19(12-15)14-6-9-18(10-7-14)13(3)21/h14-15H,4-12H2,1-3H3. The Hall–Kier alpha value is -1.83. The molecule has 2 fully saturated rings. The highest BCUT2D eigenvalue weighted by Crippen LogP contribution is 2.25. The highest BCUT2D eigenvalue weighted by molar-refractivity contribution is 5.88. The monoisotopic (exact) mass is 355 g/mol. The highest BCUT2D eigenvalue weighted by Gasteiger charge is 2.39. The summed E-state index contributed by atoms with van der Waals surface area (Å²) in [5.74, 6) is 0.119. The Labute approximate surface area is 149 Å². The van der Waals surface area contributed by atoms with Gasteiger partial charge in [0.05, 0.1) is 19.3 Å². The fourth-order valence-corrected chi connectivity index (χ4v) is 3.62. The van der Waals surface area contributed by atoms with Crippen molar-refractivity contribution in [3.05, 3.63) is 0 Å². The quantitative estimate of drug-likeness (QED) is 0.763. The first kappa shape index (κ1) is 19.5. The van der Waals surface area contributed by atoms with Crippen LogP contribution in [0.2, 0.25) is 0 Å². The van der Waals surface area contributed by atoms with Gasteiger partial charge in [0.15, 0.2) is 0 Å². The Morgan fingerprint density at radius 3 is 2.00 bits per heavy atom. The Bertz CT molecular complexity index is 473. The van der Waals surface area contributed by atoms with Crippen molar-refractivity contribution in [1.82, 2.24) is 14.7 Å². The van der Waals surface area contributed by atoms with Crippen molar-refractivity contribution >= 4 is 18.1 Å². The zero-order chi connectivity index (χ0) is 18.4. The molecule has 3 amide bonds. The molecule has 1 atom stereocenters. The van der Waals surface area contributed by atoms with E-state index in [1.54, 1.807) is 20.8 Å². The second-order valence-electron chi connectivity index (χ2n) is 6.44. The molecule has 1 unspecified atom stereocenters. The van der Waals surface area contributed by atoms with Crippen LogP contribution in [0, 0.1) is 0 Å². The normalized spacial score (nSPS) is 21.9. The fourth-order valence-electron chi connectivity index (χ4n) is 3.62. The van der Waals surface area contributed by atoms with Gasteiger partial charge in [0.1, 0.15) is 0 Å². The van der Waals surface area contributed by atoms with Gasteiger partial charge in [0, 0.05) is 39.1 Å². The van der Waals surface area contributed by atoms with E-state index in [-0.39, 0.29) is 25.2 Å². The average Bonchev–Trinajstić information content (AvgIpc) is 3.05. The molecule has 142 valence electrons. The minimum absolute atomic E-state index is 0.119. The molecule has 0 aromatic heterocycles. The summed E-state index contributed by atoms with van der Waals surface area (Å²) in [5, 5.41) is 0. The topological polar surface area (TPSA) is 79.4 Å². The van der Waals surface area contributed by atoms with E-state index >= 15 is 0 Å². The maximum Gasteiger partial charge on any atom is 0.419 e. The van der Waals surface area contributed by atoms with Crippen LogP contribution in [0.3, 0.4) is 0 Å². The largest absolute Gasteiger partial charge is 0.449 e. The van der Waals surface area contributed by atoms with Gasteiger partial charge in [0.25, 0.3) is 0 Å². The summed E-state index contributed by atoms with van der Waals surface area (Å²) >= 11 is 0. The summed E-state index contributed by atoms with van der Waals surface area (Å²) in [6.07, 6.45) is 1.28. The van der Waals surface area contributed by atoms with Crippen LogP contribution in [0.25, 0.3) is 0 Å². The zero-order valence-electron chi connectivity index (χ0n) is 15.4. The van der Waals surface area contributed by atoms with Crippen LogP contribution in [0.5, 0.6) is 0 Å². The third kappa shape index (κ3) is 4.84. The SMILES string of the molecule is CCOC(=O)N(C(=O)OCC)C1CCN(C2CCN(C(C)=O)CC2)C1. The van der Waals surface area contributed by atoms with Crippen LogP contribution in [0.4, 0.5) is 9.59 Å². The second kappa shape index (κ2) is 9.03. The molecule has 0 aromatic carbocycles. The number of nitrogens with zero attached hydrogens (tertiary/aromatic N) is 3. The predicted molar refractivity (Wildman–Crippen MR) is 91.1 cm³/mol. The minimum atomic E-state index is -0.640. The number of carbonyl (C=O) groups excluding carboxylic acids is 3. The van der Waals surface area contributed by atoms with Crippen molar-refractivity contribution < 1.29 is 23.9 Å². The number of imide groups is 1. The van der Waals surface area contributed by atoms with Crippen LogP contribution in [0.1, 0.15) is 40.0 Å². The third-order valence-electron chi connectivity index (χ3n) is 4.92. The molecule has 0 N–H and O–H groups in total. The van der Waals surface area contributed by atoms with Gasteiger partial charge in [-0.2, -0.15) is 0 Å². The summed E-state index contributed by atoms with van der Waals surface area (Å²) in [6.45, 7) is 8.44. The number of hydrogen-bond donors (Lipinski definition) is 0. The molecule has 0 spiro atoms. The molecule has 0 aromatic rings. The van der Waals surface area contributed by atoms with E-state index in [0.29, 0.717) is 19.0 Å². The number of ether oxygens (including phenoxy) is 2. The van der Waals surface area contributed by atoms with Crippen molar-refractivity contribution in [2.24, 2.45) is 0 Å². The van der Waals surface area contributed by atoms with Gasteiger partial charge in [-0.15, -0.1) is 0 Å². The molecular weight excluding hydrogens is 326 g/mol. The number of piperidine rings is 1. The summed E-state index contributed by atoms with van der Waals surface area (Å²) in [4.78, 5) is 41.1. The third-order valence-corrected chi connectivity index (χ3v) is 4.92. The lowest BCUT2D eigenvalue weighted by atomic mass is 10.0. The van der Waals surface area contributed by atoms with Gasteiger partial charge in [-0.05, 0) is 33.1 Å². The molecule has 2 aliphatic rings. The lowest BCUT2D eigenvalue weighted by molar-refractivity contribution is -0.130. The van der Waals surface area contributed by atoms with Crippen molar-refractivity contribution in [3.8, 4) is 0 Å². The number of hydrogen-bond acceptors (Lipinski definition) is 6. The first-order chi connectivity index (χ1) is 12.0. The molecule has 2 saturated heterocycles. The summed E-state index contributed by atoms with van der Waals surface area (Å²) < 4.78 is 10.1. The maximum atomic E-state index is 12.2. The Balaban J connectivity index is 1.95. The van der Waals surface area contributed by atoms with Crippen LogP contribution < -0.4 is 0 Å². The van der Waals surface area contributed by atoms with E-state index in [4.69, 9.17) is 9.47 Å². The molecule has 8 heteroatoms.